The fourth-order valence-electron chi connectivity index (χ4n) is 3.61. The second-order valence-corrected chi connectivity index (χ2v) is 7.03. The van der Waals surface area contributed by atoms with Gasteiger partial charge in [0.1, 0.15) is 5.82 Å². The quantitative estimate of drug-likeness (QED) is 0.655. The monoisotopic (exact) mass is 381 g/mol. The molecule has 28 heavy (non-hydrogen) atoms. The van der Waals surface area contributed by atoms with E-state index >= 15 is 0 Å². The summed E-state index contributed by atoms with van der Waals surface area (Å²) in [6.45, 7) is 9.30. The number of hydrogen-bond acceptors (Lipinski definition) is 4. The van der Waals surface area contributed by atoms with Gasteiger partial charge in [-0.3, -0.25) is 0 Å². The summed E-state index contributed by atoms with van der Waals surface area (Å²) in [6, 6.07) is 12.5. The van der Waals surface area contributed by atoms with E-state index < -0.39 is 0 Å². The molecule has 0 bridgehead atoms. The lowest BCUT2D eigenvalue weighted by Gasteiger charge is -2.20. The van der Waals surface area contributed by atoms with Crippen molar-refractivity contribution in [1.82, 2.24) is 15.6 Å². The lowest BCUT2D eigenvalue weighted by atomic mass is 10.2. The molecule has 0 atom stereocenters. The molecule has 6 nitrogen and oxygen atoms in total. The highest BCUT2D eigenvalue weighted by Crippen LogP contribution is 2.27. The average molecular weight is 382 g/mol. The van der Waals surface area contributed by atoms with Crippen molar-refractivity contribution in [1.29, 1.82) is 0 Å². The Kier molecular flexibility index (Phi) is 7.12. The van der Waals surface area contributed by atoms with Gasteiger partial charge in [-0.1, -0.05) is 24.3 Å². The predicted molar refractivity (Wildman–Crippen MR) is 115 cm³/mol. The third-order valence-electron chi connectivity index (χ3n) is 5.22. The Hall–Kier alpha value is -2.76. The summed E-state index contributed by atoms with van der Waals surface area (Å²) < 4.78 is 0. The minimum absolute atomic E-state index is 0.130. The number of anilines is 2. The second-order valence-electron chi connectivity index (χ2n) is 7.03. The molecule has 0 saturated heterocycles. The zero-order valence-electron chi connectivity index (χ0n) is 16.9. The average Bonchev–Trinajstić information content (AvgIpc) is 3.15. The Labute approximate surface area is 167 Å². The smallest absolute Gasteiger partial charge is 0.315 e. The van der Waals surface area contributed by atoms with Crippen LogP contribution < -0.4 is 20.4 Å². The van der Waals surface area contributed by atoms with Crippen molar-refractivity contribution in [3.63, 3.8) is 0 Å². The summed E-state index contributed by atoms with van der Waals surface area (Å²) in [7, 11) is 0. The van der Waals surface area contributed by atoms with E-state index in [-0.39, 0.29) is 6.03 Å². The number of fused-ring (bicyclic) bond motifs is 1. The fraction of sp³-hybridized carbons (Fsp3) is 0.455. The van der Waals surface area contributed by atoms with Gasteiger partial charge in [0, 0.05) is 51.2 Å². The highest BCUT2D eigenvalue weighted by Gasteiger charge is 2.17. The predicted octanol–water partition coefficient (Wildman–Crippen LogP) is 3.18. The molecule has 2 aromatic rings. The van der Waals surface area contributed by atoms with Gasteiger partial charge in [-0.25, -0.2) is 9.78 Å². The van der Waals surface area contributed by atoms with Gasteiger partial charge in [0.15, 0.2) is 0 Å². The van der Waals surface area contributed by atoms with Gasteiger partial charge in [-0.2, -0.15) is 0 Å². The van der Waals surface area contributed by atoms with E-state index in [0.29, 0.717) is 13.1 Å². The highest BCUT2D eigenvalue weighted by atomic mass is 16.2. The number of carbonyl (C=O) groups is 1. The van der Waals surface area contributed by atoms with E-state index in [0.717, 1.165) is 50.4 Å². The molecule has 0 fully saturated rings. The van der Waals surface area contributed by atoms with Gasteiger partial charge in [0.05, 0.1) is 0 Å². The van der Waals surface area contributed by atoms with Crippen LogP contribution in [-0.4, -0.2) is 43.7 Å². The lowest BCUT2D eigenvalue weighted by molar-refractivity contribution is 0.240. The molecule has 2 heterocycles. The van der Waals surface area contributed by atoms with Crippen LogP contribution in [0, 0.1) is 0 Å². The maximum Gasteiger partial charge on any atom is 0.315 e. The van der Waals surface area contributed by atoms with Gasteiger partial charge in [0.2, 0.25) is 0 Å². The molecule has 1 aromatic carbocycles. The third-order valence-corrected chi connectivity index (χ3v) is 5.22. The van der Waals surface area contributed by atoms with Crippen molar-refractivity contribution in [2.24, 2.45) is 0 Å². The Bertz CT molecular complexity index is 758. The summed E-state index contributed by atoms with van der Waals surface area (Å²) in [4.78, 5) is 21.1. The van der Waals surface area contributed by atoms with Gasteiger partial charge < -0.3 is 20.4 Å². The largest absolute Gasteiger partial charge is 0.371 e. The molecule has 2 N–H and O–H groups in total. The van der Waals surface area contributed by atoms with Crippen molar-refractivity contribution in [3.8, 4) is 0 Å². The van der Waals surface area contributed by atoms with Crippen LogP contribution in [0.4, 0.5) is 16.3 Å². The number of rotatable bonds is 9. The standard InChI is InChI=1S/C22H31N5O/c1-3-26(4-2)21-11-10-18(16-24-21)17-25-22(28)23-13-7-14-27-15-12-19-8-5-6-9-20(19)27/h5-6,8-11,16H,3-4,7,12-15,17H2,1-2H3,(H2,23,25,28). The number of hydrogen-bond donors (Lipinski definition) is 2. The molecule has 0 radical (unpaired) electrons. The van der Waals surface area contributed by atoms with Crippen LogP contribution in [0.3, 0.4) is 0 Å². The van der Waals surface area contributed by atoms with Gasteiger partial charge in [-0.15, -0.1) is 0 Å². The van der Waals surface area contributed by atoms with Crippen LogP contribution in [0.15, 0.2) is 42.6 Å². The third kappa shape index (κ3) is 5.15. The van der Waals surface area contributed by atoms with Crippen molar-refractivity contribution in [2.75, 3.05) is 42.5 Å². The fourth-order valence-corrected chi connectivity index (χ4v) is 3.61. The molecule has 0 unspecified atom stereocenters. The van der Waals surface area contributed by atoms with E-state index in [9.17, 15) is 4.79 Å². The first kappa shape index (κ1) is 20.0. The maximum absolute atomic E-state index is 12.0. The van der Waals surface area contributed by atoms with Crippen molar-refractivity contribution < 1.29 is 4.79 Å². The first-order valence-electron chi connectivity index (χ1n) is 10.3. The number of carbonyl (C=O) groups excluding carboxylic acids is 1. The maximum atomic E-state index is 12.0. The topological polar surface area (TPSA) is 60.5 Å². The summed E-state index contributed by atoms with van der Waals surface area (Å²) >= 11 is 0. The first-order chi connectivity index (χ1) is 13.7. The molecular weight excluding hydrogens is 350 g/mol. The van der Waals surface area contributed by atoms with E-state index in [1.165, 1.54) is 11.3 Å². The molecule has 150 valence electrons. The first-order valence-corrected chi connectivity index (χ1v) is 10.3. The van der Waals surface area contributed by atoms with Crippen LogP contribution in [0.2, 0.25) is 0 Å². The van der Waals surface area contributed by atoms with Gasteiger partial charge in [-0.05, 0) is 49.9 Å². The molecular formula is C22H31N5O. The number of urea groups is 1. The molecule has 6 heteroatoms. The number of nitrogens with zero attached hydrogens (tertiary/aromatic N) is 3. The normalized spacial score (nSPS) is 12.6. The van der Waals surface area contributed by atoms with Crippen molar-refractivity contribution in [3.05, 3.63) is 53.7 Å². The van der Waals surface area contributed by atoms with Crippen LogP contribution in [0.5, 0.6) is 0 Å². The Balaban J connectivity index is 1.34. The number of nitrogens with one attached hydrogen (secondary N) is 2. The number of amides is 2. The molecule has 1 aliphatic rings. The zero-order valence-corrected chi connectivity index (χ0v) is 16.9. The highest BCUT2D eigenvalue weighted by molar-refractivity contribution is 5.73. The summed E-state index contributed by atoms with van der Waals surface area (Å²) in [6.07, 6.45) is 3.88. The minimum Gasteiger partial charge on any atom is -0.371 e. The number of benzene rings is 1. The van der Waals surface area contributed by atoms with Crippen LogP contribution >= 0.6 is 0 Å². The molecule has 0 aliphatic carbocycles. The molecule has 0 spiro atoms. The van der Waals surface area contributed by atoms with Crippen molar-refractivity contribution >= 4 is 17.5 Å². The SMILES string of the molecule is CCN(CC)c1ccc(CNC(=O)NCCCN2CCc3ccccc32)cn1. The van der Waals surface area contributed by atoms with Crippen LogP contribution in [-0.2, 0) is 13.0 Å². The van der Waals surface area contributed by atoms with Crippen LogP contribution in [0.1, 0.15) is 31.4 Å². The van der Waals surface area contributed by atoms with E-state index in [4.69, 9.17) is 0 Å². The lowest BCUT2D eigenvalue weighted by Crippen LogP contribution is -2.36. The molecule has 3 rings (SSSR count). The molecule has 2 amide bonds. The Morgan fingerprint density at radius 1 is 1.14 bits per heavy atom. The van der Waals surface area contributed by atoms with Gasteiger partial charge in [0.25, 0.3) is 0 Å². The van der Waals surface area contributed by atoms with E-state index in [1.54, 1.807) is 0 Å². The number of pyridine rings is 1. The van der Waals surface area contributed by atoms with Crippen molar-refractivity contribution in [2.45, 2.75) is 33.2 Å². The Morgan fingerprint density at radius 3 is 2.71 bits per heavy atom. The van der Waals surface area contributed by atoms with Gasteiger partial charge >= 0.3 is 6.03 Å². The van der Waals surface area contributed by atoms with E-state index in [2.05, 4.69) is 63.5 Å². The van der Waals surface area contributed by atoms with E-state index in [1.807, 2.05) is 18.3 Å². The summed E-state index contributed by atoms with van der Waals surface area (Å²) in [5.74, 6) is 0.974. The molecule has 1 aromatic heterocycles. The summed E-state index contributed by atoms with van der Waals surface area (Å²) in [5.41, 5.74) is 3.76. The molecule has 0 saturated carbocycles. The second kappa shape index (κ2) is 9.97. The molecule has 1 aliphatic heterocycles. The Morgan fingerprint density at radius 2 is 1.96 bits per heavy atom. The van der Waals surface area contributed by atoms with Crippen LogP contribution in [0.25, 0.3) is 0 Å². The zero-order chi connectivity index (χ0) is 19.8. The minimum atomic E-state index is -0.130. The summed E-state index contributed by atoms with van der Waals surface area (Å²) in [5, 5.41) is 5.85. The number of para-hydroxylation sites is 1. The number of aromatic nitrogens is 1.